The molecule has 2 aromatic carbocycles. The minimum Gasteiger partial charge on any atom is -0.378 e. The Morgan fingerprint density at radius 1 is 1.00 bits per heavy atom. The Kier molecular flexibility index (Phi) is 6.43. The number of likely N-dealkylation sites (N-methyl/N-ethyl adjacent to an activating group) is 1. The minimum absolute atomic E-state index is 0.272. The van der Waals surface area contributed by atoms with E-state index in [1.807, 2.05) is 26.0 Å². The molecular formula is C26H35N3O. The largest absolute Gasteiger partial charge is 0.378 e. The first-order valence-corrected chi connectivity index (χ1v) is 11.3. The number of nitrogens with zero attached hydrogens (tertiary/aromatic N) is 3. The van der Waals surface area contributed by atoms with Gasteiger partial charge in [0.2, 0.25) is 5.91 Å². The molecule has 1 fully saturated rings. The van der Waals surface area contributed by atoms with E-state index in [9.17, 15) is 4.79 Å². The van der Waals surface area contributed by atoms with Gasteiger partial charge in [-0.1, -0.05) is 36.4 Å². The molecule has 1 amide bonds. The van der Waals surface area contributed by atoms with Gasteiger partial charge in [-0.25, -0.2) is 0 Å². The molecule has 1 unspecified atom stereocenters. The number of amides is 1. The summed E-state index contributed by atoms with van der Waals surface area (Å²) in [5.41, 5.74) is 5.44. The van der Waals surface area contributed by atoms with Crippen LogP contribution in [0, 0.1) is 0 Å². The lowest BCUT2D eigenvalue weighted by atomic mass is 10.0. The summed E-state index contributed by atoms with van der Waals surface area (Å²) < 4.78 is 0. The third-order valence-electron chi connectivity index (χ3n) is 7.00. The number of carbonyl (C=O) groups is 1. The van der Waals surface area contributed by atoms with Crippen LogP contribution >= 0.6 is 0 Å². The number of fused-ring (bicyclic) bond motifs is 1. The molecule has 0 bridgehead atoms. The van der Waals surface area contributed by atoms with E-state index in [0.29, 0.717) is 18.5 Å². The number of hydrogen-bond acceptors (Lipinski definition) is 3. The van der Waals surface area contributed by atoms with Crippen LogP contribution in [-0.2, 0) is 24.1 Å². The van der Waals surface area contributed by atoms with Crippen LogP contribution < -0.4 is 4.90 Å². The number of likely N-dealkylation sites (tertiary alicyclic amines) is 1. The Hall–Kier alpha value is -2.33. The van der Waals surface area contributed by atoms with Gasteiger partial charge in [0.05, 0.1) is 0 Å². The van der Waals surface area contributed by atoms with E-state index in [1.165, 1.54) is 28.8 Å². The zero-order valence-electron chi connectivity index (χ0n) is 18.7. The number of piperidine rings is 1. The predicted octanol–water partition coefficient (Wildman–Crippen LogP) is 3.78. The van der Waals surface area contributed by atoms with Crippen molar-refractivity contribution in [2.45, 2.75) is 50.6 Å². The van der Waals surface area contributed by atoms with Gasteiger partial charge in [0.25, 0.3) is 0 Å². The molecule has 0 saturated carbocycles. The molecule has 1 heterocycles. The van der Waals surface area contributed by atoms with E-state index < -0.39 is 0 Å². The highest BCUT2D eigenvalue weighted by Gasteiger charge is 2.32. The molecule has 1 aliphatic carbocycles. The van der Waals surface area contributed by atoms with Crippen molar-refractivity contribution in [1.29, 1.82) is 0 Å². The second-order valence-corrected chi connectivity index (χ2v) is 9.19. The summed E-state index contributed by atoms with van der Waals surface area (Å²) in [6.45, 7) is 2.17. The van der Waals surface area contributed by atoms with E-state index in [0.717, 1.165) is 38.8 Å². The van der Waals surface area contributed by atoms with Crippen molar-refractivity contribution < 1.29 is 4.79 Å². The van der Waals surface area contributed by atoms with Gasteiger partial charge >= 0.3 is 0 Å². The van der Waals surface area contributed by atoms with Crippen molar-refractivity contribution in [3.05, 3.63) is 65.2 Å². The molecular weight excluding hydrogens is 370 g/mol. The molecule has 30 heavy (non-hydrogen) atoms. The number of benzene rings is 2. The number of anilines is 1. The second-order valence-electron chi connectivity index (χ2n) is 9.19. The summed E-state index contributed by atoms with van der Waals surface area (Å²) in [5.74, 6) is 0.272. The fourth-order valence-corrected chi connectivity index (χ4v) is 5.02. The number of rotatable bonds is 6. The zero-order valence-corrected chi connectivity index (χ0v) is 18.7. The summed E-state index contributed by atoms with van der Waals surface area (Å²) >= 11 is 0. The second kappa shape index (κ2) is 9.22. The highest BCUT2D eigenvalue weighted by molar-refractivity contribution is 5.76. The lowest BCUT2D eigenvalue weighted by Gasteiger charge is -2.40. The van der Waals surface area contributed by atoms with E-state index >= 15 is 0 Å². The first-order chi connectivity index (χ1) is 14.5. The van der Waals surface area contributed by atoms with Crippen LogP contribution in [0.4, 0.5) is 5.69 Å². The van der Waals surface area contributed by atoms with Crippen LogP contribution in [0.25, 0.3) is 0 Å². The topological polar surface area (TPSA) is 26.8 Å². The maximum Gasteiger partial charge on any atom is 0.222 e. The first-order valence-electron chi connectivity index (χ1n) is 11.3. The van der Waals surface area contributed by atoms with Gasteiger partial charge in [0.15, 0.2) is 0 Å². The average molecular weight is 406 g/mol. The Morgan fingerprint density at radius 3 is 2.30 bits per heavy atom. The van der Waals surface area contributed by atoms with E-state index in [-0.39, 0.29) is 5.91 Å². The smallest absolute Gasteiger partial charge is 0.222 e. The Balaban J connectivity index is 1.29. The molecule has 4 heteroatoms. The third-order valence-corrected chi connectivity index (χ3v) is 7.00. The molecule has 1 aliphatic heterocycles. The molecule has 4 nitrogen and oxygen atoms in total. The van der Waals surface area contributed by atoms with Gasteiger partial charge in [-0.2, -0.15) is 0 Å². The average Bonchev–Trinajstić information content (AvgIpc) is 3.22. The van der Waals surface area contributed by atoms with Crippen LogP contribution in [-0.4, -0.2) is 62.0 Å². The maximum atomic E-state index is 12.9. The lowest BCUT2D eigenvalue weighted by Crippen LogP contribution is -2.51. The van der Waals surface area contributed by atoms with Gasteiger partial charge in [-0.15, -0.1) is 0 Å². The van der Waals surface area contributed by atoms with Crippen LogP contribution in [0.3, 0.4) is 0 Å². The van der Waals surface area contributed by atoms with E-state index in [2.05, 4.69) is 58.3 Å². The molecule has 2 aliphatic rings. The van der Waals surface area contributed by atoms with Gasteiger partial charge in [0.1, 0.15) is 0 Å². The monoisotopic (exact) mass is 405 g/mol. The summed E-state index contributed by atoms with van der Waals surface area (Å²) in [6.07, 6.45) is 6.01. The molecule has 0 N–H and O–H groups in total. The van der Waals surface area contributed by atoms with Crippen LogP contribution in [0.1, 0.15) is 36.0 Å². The normalized spacial score (nSPS) is 19.5. The molecule has 4 rings (SSSR count). The summed E-state index contributed by atoms with van der Waals surface area (Å²) in [4.78, 5) is 19.7. The van der Waals surface area contributed by atoms with Gasteiger partial charge in [-0.3, -0.25) is 9.69 Å². The number of aryl methyl sites for hydroxylation is 1. The number of hydrogen-bond donors (Lipinski definition) is 0. The molecule has 1 atom stereocenters. The van der Waals surface area contributed by atoms with Gasteiger partial charge < -0.3 is 9.80 Å². The quantitative estimate of drug-likeness (QED) is 0.732. The van der Waals surface area contributed by atoms with E-state index in [1.54, 1.807) is 0 Å². The van der Waals surface area contributed by atoms with Crippen molar-refractivity contribution in [3.63, 3.8) is 0 Å². The Bertz CT molecular complexity index is 836. The fraction of sp³-hybridized carbons (Fsp3) is 0.500. The molecule has 160 valence electrons. The lowest BCUT2D eigenvalue weighted by molar-refractivity contribution is -0.133. The first kappa shape index (κ1) is 20.9. The van der Waals surface area contributed by atoms with Crippen molar-refractivity contribution >= 4 is 11.6 Å². The summed E-state index contributed by atoms with van der Waals surface area (Å²) in [5, 5.41) is 0. The van der Waals surface area contributed by atoms with Gasteiger partial charge in [-0.05, 0) is 67.5 Å². The predicted molar refractivity (Wildman–Crippen MR) is 124 cm³/mol. The van der Waals surface area contributed by atoms with Crippen molar-refractivity contribution in [2.24, 2.45) is 0 Å². The summed E-state index contributed by atoms with van der Waals surface area (Å²) in [7, 11) is 6.10. The molecule has 0 spiro atoms. The van der Waals surface area contributed by atoms with Crippen molar-refractivity contribution in [1.82, 2.24) is 9.80 Å². The number of carbonyl (C=O) groups excluding carboxylic acids is 1. The maximum absolute atomic E-state index is 12.9. The van der Waals surface area contributed by atoms with Crippen molar-refractivity contribution in [2.75, 3.05) is 39.1 Å². The third kappa shape index (κ3) is 4.70. The van der Waals surface area contributed by atoms with Crippen molar-refractivity contribution in [3.8, 4) is 0 Å². The highest BCUT2D eigenvalue weighted by Crippen LogP contribution is 2.28. The van der Waals surface area contributed by atoms with Gasteiger partial charge in [0, 0.05) is 51.9 Å². The highest BCUT2D eigenvalue weighted by atomic mass is 16.2. The fourth-order valence-electron chi connectivity index (χ4n) is 5.02. The van der Waals surface area contributed by atoms with Crippen LogP contribution in [0.2, 0.25) is 0 Å². The van der Waals surface area contributed by atoms with E-state index in [4.69, 9.17) is 0 Å². The molecule has 0 aromatic heterocycles. The SMILES string of the molecule is CN(C)c1ccc(CCC(=O)N(C)C2CCCN(C3Cc4ccccc4C3)C2)cc1. The minimum atomic E-state index is 0.272. The molecule has 0 radical (unpaired) electrons. The standard InChI is InChI=1S/C26H35N3O/c1-27(2)23-13-10-20(11-14-23)12-15-26(30)28(3)24-9-6-16-29(19-24)25-17-21-7-4-5-8-22(21)18-25/h4-5,7-8,10-11,13-14,24-25H,6,9,12,15-19H2,1-3H3. The zero-order chi connectivity index (χ0) is 21.1. The molecule has 2 aromatic rings. The Labute approximate surface area is 181 Å². The van der Waals surface area contributed by atoms with Crippen LogP contribution in [0.5, 0.6) is 0 Å². The Morgan fingerprint density at radius 2 is 1.67 bits per heavy atom. The molecule has 1 saturated heterocycles. The van der Waals surface area contributed by atoms with Crippen LogP contribution in [0.15, 0.2) is 48.5 Å². The summed E-state index contributed by atoms with van der Waals surface area (Å²) in [6, 6.07) is 18.3.